The molecule has 1 aliphatic carbocycles. The molecule has 1 saturated carbocycles. The zero-order chi connectivity index (χ0) is 12.8. The van der Waals surface area contributed by atoms with Crippen LogP contribution in [0.25, 0.3) is 0 Å². The number of benzene rings is 1. The van der Waals surface area contributed by atoms with Gasteiger partial charge in [0, 0.05) is 25.6 Å². The molecule has 0 aromatic heterocycles. The zero-order valence-corrected chi connectivity index (χ0v) is 11.4. The molecule has 18 heavy (non-hydrogen) atoms. The van der Waals surface area contributed by atoms with E-state index in [4.69, 9.17) is 9.47 Å². The van der Waals surface area contributed by atoms with E-state index in [1.807, 2.05) is 0 Å². The molecule has 0 atom stereocenters. The second kappa shape index (κ2) is 6.21. The maximum absolute atomic E-state index is 5.21. The van der Waals surface area contributed by atoms with Gasteiger partial charge < -0.3 is 14.8 Å². The fourth-order valence-corrected chi connectivity index (χ4v) is 2.62. The van der Waals surface area contributed by atoms with Gasteiger partial charge in [0.1, 0.15) is 5.75 Å². The number of ether oxygens (including phenoxy) is 2. The van der Waals surface area contributed by atoms with Crippen molar-refractivity contribution < 1.29 is 9.47 Å². The lowest BCUT2D eigenvalue weighted by Crippen LogP contribution is -2.44. The highest BCUT2D eigenvalue weighted by Gasteiger charge is 2.37. The Hall–Kier alpha value is -1.06. The van der Waals surface area contributed by atoms with E-state index >= 15 is 0 Å². The minimum Gasteiger partial charge on any atom is -0.497 e. The molecule has 1 aliphatic rings. The molecule has 0 bridgehead atoms. The van der Waals surface area contributed by atoms with Gasteiger partial charge in [-0.15, -0.1) is 0 Å². The average molecular weight is 249 g/mol. The summed E-state index contributed by atoms with van der Waals surface area (Å²) in [6.07, 6.45) is 3.89. The van der Waals surface area contributed by atoms with E-state index in [1.165, 1.54) is 24.8 Å². The predicted molar refractivity (Wildman–Crippen MR) is 73.3 cm³/mol. The molecule has 0 saturated heterocycles. The molecule has 0 unspecified atom stereocenters. The van der Waals surface area contributed by atoms with E-state index in [0.717, 1.165) is 25.4 Å². The van der Waals surface area contributed by atoms with Gasteiger partial charge in [-0.1, -0.05) is 18.6 Å². The summed E-state index contributed by atoms with van der Waals surface area (Å²) in [7, 11) is 3.45. The molecule has 0 heterocycles. The maximum Gasteiger partial charge on any atom is 0.118 e. The van der Waals surface area contributed by atoms with E-state index in [1.54, 1.807) is 14.2 Å². The van der Waals surface area contributed by atoms with E-state index < -0.39 is 0 Å². The number of hydrogen-bond donors (Lipinski definition) is 1. The first-order valence-electron chi connectivity index (χ1n) is 6.65. The lowest BCUT2D eigenvalue weighted by atomic mass is 9.64. The van der Waals surface area contributed by atoms with Crippen molar-refractivity contribution in [3.05, 3.63) is 29.8 Å². The van der Waals surface area contributed by atoms with Gasteiger partial charge in [0.2, 0.25) is 0 Å². The molecule has 1 fully saturated rings. The molecule has 1 N–H and O–H groups in total. The first-order chi connectivity index (χ1) is 8.80. The van der Waals surface area contributed by atoms with Gasteiger partial charge in [-0.05, 0) is 30.5 Å². The molecule has 0 spiro atoms. The molecule has 0 radical (unpaired) electrons. The lowest BCUT2D eigenvalue weighted by Gasteiger charge is -2.43. The third-order valence-electron chi connectivity index (χ3n) is 3.96. The summed E-state index contributed by atoms with van der Waals surface area (Å²) in [5.74, 6) is 0.931. The summed E-state index contributed by atoms with van der Waals surface area (Å²) in [6.45, 7) is 2.75. The second-order valence-corrected chi connectivity index (χ2v) is 5.03. The number of hydrogen-bond acceptors (Lipinski definition) is 3. The van der Waals surface area contributed by atoms with E-state index in [-0.39, 0.29) is 0 Å². The van der Waals surface area contributed by atoms with Crippen LogP contribution in [0.1, 0.15) is 24.8 Å². The van der Waals surface area contributed by atoms with Crippen LogP contribution in [0, 0.1) is 0 Å². The van der Waals surface area contributed by atoms with Crippen LogP contribution in [0.15, 0.2) is 24.3 Å². The van der Waals surface area contributed by atoms with Crippen molar-refractivity contribution in [3.8, 4) is 5.75 Å². The van der Waals surface area contributed by atoms with Crippen LogP contribution in [0.2, 0.25) is 0 Å². The average Bonchev–Trinajstić information content (AvgIpc) is 2.37. The van der Waals surface area contributed by atoms with Crippen molar-refractivity contribution in [2.75, 3.05) is 33.9 Å². The Morgan fingerprint density at radius 3 is 2.39 bits per heavy atom. The van der Waals surface area contributed by atoms with Gasteiger partial charge in [0.15, 0.2) is 0 Å². The van der Waals surface area contributed by atoms with Gasteiger partial charge in [-0.25, -0.2) is 0 Å². The summed E-state index contributed by atoms with van der Waals surface area (Å²) in [5, 5.41) is 3.50. The van der Waals surface area contributed by atoms with Gasteiger partial charge in [0.25, 0.3) is 0 Å². The summed E-state index contributed by atoms with van der Waals surface area (Å²) >= 11 is 0. The van der Waals surface area contributed by atoms with E-state index in [0.29, 0.717) is 5.41 Å². The number of methoxy groups -OCH3 is 2. The first-order valence-corrected chi connectivity index (χ1v) is 6.65. The van der Waals surface area contributed by atoms with Crippen molar-refractivity contribution in [3.63, 3.8) is 0 Å². The first kappa shape index (κ1) is 13.4. The highest BCUT2D eigenvalue weighted by atomic mass is 16.5. The Kier molecular flexibility index (Phi) is 4.61. The minimum absolute atomic E-state index is 0.333. The van der Waals surface area contributed by atoms with Crippen LogP contribution in [0.5, 0.6) is 5.75 Å². The highest BCUT2D eigenvalue weighted by molar-refractivity contribution is 5.34. The Morgan fingerprint density at radius 2 is 1.89 bits per heavy atom. The molecule has 2 rings (SSSR count). The lowest BCUT2D eigenvalue weighted by molar-refractivity contribution is 0.185. The molecule has 0 aliphatic heterocycles. The smallest absolute Gasteiger partial charge is 0.118 e. The monoisotopic (exact) mass is 249 g/mol. The summed E-state index contributed by atoms with van der Waals surface area (Å²) < 4.78 is 10.3. The van der Waals surface area contributed by atoms with Crippen LogP contribution >= 0.6 is 0 Å². The van der Waals surface area contributed by atoms with Crippen LogP contribution in [-0.2, 0) is 10.2 Å². The normalized spacial score (nSPS) is 17.2. The van der Waals surface area contributed by atoms with Crippen molar-refractivity contribution in [2.45, 2.75) is 24.7 Å². The van der Waals surface area contributed by atoms with Gasteiger partial charge in [-0.2, -0.15) is 0 Å². The van der Waals surface area contributed by atoms with Crippen molar-refractivity contribution in [2.24, 2.45) is 0 Å². The number of rotatable bonds is 7. The van der Waals surface area contributed by atoms with Gasteiger partial charge in [0.05, 0.1) is 13.7 Å². The third kappa shape index (κ3) is 2.85. The van der Waals surface area contributed by atoms with Gasteiger partial charge >= 0.3 is 0 Å². The molecule has 0 amide bonds. The van der Waals surface area contributed by atoms with E-state index in [9.17, 15) is 0 Å². The Balaban J connectivity index is 1.97. The largest absolute Gasteiger partial charge is 0.497 e. The zero-order valence-electron chi connectivity index (χ0n) is 11.4. The van der Waals surface area contributed by atoms with Crippen LogP contribution in [0.4, 0.5) is 0 Å². The number of nitrogens with one attached hydrogen (secondary N) is 1. The van der Waals surface area contributed by atoms with Crippen molar-refractivity contribution in [1.82, 2.24) is 5.32 Å². The summed E-state index contributed by atoms with van der Waals surface area (Å²) in [6, 6.07) is 8.53. The van der Waals surface area contributed by atoms with Gasteiger partial charge in [-0.3, -0.25) is 0 Å². The third-order valence-corrected chi connectivity index (χ3v) is 3.96. The Morgan fingerprint density at radius 1 is 1.17 bits per heavy atom. The standard InChI is InChI=1S/C15H23NO2/c1-17-11-10-16-12-15(8-3-9-15)13-4-6-14(18-2)7-5-13/h4-7,16H,3,8-12H2,1-2H3. The molecule has 1 aromatic rings. The topological polar surface area (TPSA) is 30.5 Å². The quantitative estimate of drug-likeness (QED) is 0.752. The predicted octanol–water partition coefficient (Wildman–Crippen LogP) is 2.35. The van der Waals surface area contributed by atoms with Crippen LogP contribution < -0.4 is 10.1 Å². The van der Waals surface area contributed by atoms with E-state index in [2.05, 4.69) is 29.6 Å². The second-order valence-electron chi connectivity index (χ2n) is 5.03. The van der Waals surface area contributed by atoms with Crippen molar-refractivity contribution >= 4 is 0 Å². The molecule has 3 heteroatoms. The Bertz CT molecular complexity index is 357. The highest BCUT2D eigenvalue weighted by Crippen LogP contribution is 2.43. The van der Waals surface area contributed by atoms with Crippen LogP contribution in [-0.4, -0.2) is 33.9 Å². The molecule has 3 nitrogen and oxygen atoms in total. The SMILES string of the molecule is COCCNCC1(c2ccc(OC)cc2)CCC1. The maximum atomic E-state index is 5.21. The molecular weight excluding hydrogens is 226 g/mol. The Labute approximate surface area is 109 Å². The summed E-state index contributed by atoms with van der Waals surface area (Å²) in [5.41, 5.74) is 1.76. The molecule has 100 valence electrons. The fourth-order valence-electron chi connectivity index (χ4n) is 2.62. The molecular formula is C15H23NO2. The van der Waals surface area contributed by atoms with Crippen molar-refractivity contribution in [1.29, 1.82) is 0 Å². The molecule has 1 aromatic carbocycles. The fraction of sp³-hybridized carbons (Fsp3) is 0.600. The summed E-state index contributed by atoms with van der Waals surface area (Å²) in [4.78, 5) is 0. The van der Waals surface area contributed by atoms with Crippen LogP contribution in [0.3, 0.4) is 0 Å². The minimum atomic E-state index is 0.333.